The van der Waals surface area contributed by atoms with Crippen LogP contribution in [0.5, 0.6) is 0 Å². The third kappa shape index (κ3) is 4.63. The van der Waals surface area contributed by atoms with E-state index >= 15 is 0 Å². The van der Waals surface area contributed by atoms with Crippen LogP contribution in [-0.2, 0) is 11.2 Å². The number of benzene rings is 1. The number of hydrogen-bond acceptors (Lipinski definition) is 11. The largest absolute Gasteiger partial charge is 0.389 e. The van der Waals surface area contributed by atoms with E-state index < -0.39 is 0 Å². The monoisotopic (exact) mass is 603 g/mol. The Bertz CT molecular complexity index is 1670. The van der Waals surface area contributed by atoms with Crippen LogP contribution in [0.2, 0.25) is 0 Å². The number of β-amino-alcohol motifs (C(OH)–C–C–N with tert-alkyl or cyclic N) is 1. The molecule has 42 heavy (non-hydrogen) atoms. The van der Waals surface area contributed by atoms with Crippen LogP contribution in [-0.4, -0.2) is 98.4 Å². The van der Waals surface area contributed by atoms with E-state index in [4.69, 9.17) is 15.1 Å². The lowest BCUT2D eigenvalue weighted by atomic mass is 10.1. The summed E-state index contributed by atoms with van der Waals surface area (Å²) in [6.07, 6.45) is 2.52. The lowest BCUT2D eigenvalue weighted by Crippen LogP contribution is -2.60. The van der Waals surface area contributed by atoms with Crippen molar-refractivity contribution in [2.75, 3.05) is 49.6 Å². The number of anilines is 3. The molecule has 6 heterocycles. The van der Waals surface area contributed by atoms with E-state index in [2.05, 4.69) is 22.8 Å². The van der Waals surface area contributed by atoms with Crippen molar-refractivity contribution in [3.63, 3.8) is 0 Å². The van der Waals surface area contributed by atoms with Crippen LogP contribution >= 0.6 is 22.7 Å². The molecule has 2 atom stereocenters. The lowest BCUT2D eigenvalue weighted by Gasteiger charge is -2.42. The molecule has 0 aliphatic carbocycles. The number of nitrogens with zero attached hydrogens (tertiary/aromatic N) is 9. The van der Waals surface area contributed by atoms with E-state index in [0.717, 1.165) is 70.2 Å². The highest BCUT2D eigenvalue weighted by Gasteiger charge is 2.43. The van der Waals surface area contributed by atoms with Gasteiger partial charge in [-0.15, -0.1) is 5.10 Å². The van der Waals surface area contributed by atoms with Crippen molar-refractivity contribution in [3.05, 3.63) is 40.4 Å². The molecule has 2 unspecified atom stereocenters. The van der Waals surface area contributed by atoms with Crippen molar-refractivity contribution >= 4 is 49.6 Å². The normalized spacial score (nSPS) is 20.7. The molecule has 3 aliphatic heterocycles. The standard InChI is InChI=1S/C29H33N9O2S2/c1-4-22-26(34(3)27-32-25(23(11-30)41-27)18-7-5-17(2)6-8-18)38-28(31-22)42-29(33-38)36-12-19-9-10-20(13-36)37(19)16-24(40)35-14-21(39)15-35/h5-8,19-21,39H,4,9-10,12-16H2,1-3H3. The lowest BCUT2D eigenvalue weighted by molar-refractivity contribution is -0.143. The van der Waals surface area contributed by atoms with Gasteiger partial charge in [-0.25, -0.2) is 9.97 Å². The summed E-state index contributed by atoms with van der Waals surface area (Å²) >= 11 is 2.97. The van der Waals surface area contributed by atoms with Gasteiger partial charge < -0.3 is 19.8 Å². The molecule has 1 amide bonds. The zero-order valence-electron chi connectivity index (χ0n) is 23.9. The van der Waals surface area contributed by atoms with Crippen LogP contribution in [0.3, 0.4) is 0 Å². The molecular weight excluding hydrogens is 571 g/mol. The van der Waals surface area contributed by atoms with E-state index in [0.29, 0.717) is 42.3 Å². The van der Waals surface area contributed by atoms with Crippen molar-refractivity contribution in [3.8, 4) is 17.3 Å². The molecule has 7 rings (SSSR count). The van der Waals surface area contributed by atoms with Gasteiger partial charge in [-0.3, -0.25) is 9.69 Å². The number of hydrogen-bond donors (Lipinski definition) is 1. The van der Waals surface area contributed by atoms with Gasteiger partial charge >= 0.3 is 0 Å². The Morgan fingerprint density at radius 2 is 1.83 bits per heavy atom. The molecular formula is C29H33N9O2S2. The van der Waals surface area contributed by atoms with E-state index in [1.54, 1.807) is 16.2 Å². The van der Waals surface area contributed by atoms with Gasteiger partial charge in [0.1, 0.15) is 16.6 Å². The first-order chi connectivity index (χ1) is 20.3. The summed E-state index contributed by atoms with van der Waals surface area (Å²) < 4.78 is 1.92. The molecule has 3 fully saturated rings. The maximum Gasteiger partial charge on any atom is 0.236 e. The molecule has 4 aromatic rings. The van der Waals surface area contributed by atoms with Crippen LogP contribution in [0.15, 0.2) is 24.3 Å². The average molecular weight is 604 g/mol. The molecule has 218 valence electrons. The maximum atomic E-state index is 12.7. The van der Waals surface area contributed by atoms with Crippen LogP contribution in [0.25, 0.3) is 16.2 Å². The fourth-order valence-corrected chi connectivity index (χ4v) is 8.10. The average Bonchev–Trinajstić information content (AvgIpc) is 3.71. The van der Waals surface area contributed by atoms with E-state index in [1.807, 2.05) is 47.7 Å². The number of carbonyl (C=O) groups excluding carboxylic acids is 1. The molecule has 13 heteroatoms. The van der Waals surface area contributed by atoms with Gasteiger partial charge in [0, 0.05) is 50.9 Å². The summed E-state index contributed by atoms with van der Waals surface area (Å²) in [7, 11) is 1.97. The number of fused-ring (bicyclic) bond motifs is 3. The Labute approximate surface area is 252 Å². The Hall–Kier alpha value is -3.57. The maximum absolute atomic E-state index is 12.7. The number of rotatable bonds is 7. The number of aromatic nitrogens is 4. The van der Waals surface area contributed by atoms with Crippen molar-refractivity contribution in [2.24, 2.45) is 0 Å². The number of nitriles is 1. The summed E-state index contributed by atoms with van der Waals surface area (Å²) in [6.45, 7) is 7.12. The number of imidazole rings is 1. The number of piperazine rings is 1. The third-order valence-electron chi connectivity index (χ3n) is 8.66. The molecule has 1 N–H and O–H groups in total. The highest BCUT2D eigenvalue weighted by atomic mass is 32.1. The van der Waals surface area contributed by atoms with Gasteiger partial charge in [0.05, 0.1) is 18.3 Å². The van der Waals surface area contributed by atoms with Crippen molar-refractivity contribution < 1.29 is 9.90 Å². The molecule has 0 spiro atoms. The Morgan fingerprint density at radius 3 is 2.48 bits per heavy atom. The van der Waals surface area contributed by atoms with Crippen molar-refractivity contribution in [2.45, 2.75) is 51.3 Å². The smallest absolute Gasteiger partial charge is 0.236 e. The number of likely N-dealkylation sites (tertiary alicyclic amines) is 1. The zero-order valence-corrected chi connectivity index (χ0v) is 25.5. The molecule has 3 saturated heterocycles. The Morgan fingerprint density at radius 1 is 1.12 bits per heavy atom. The SMILES string of the molecule is CCc1nc2sc(N3CC4CCC(C3)N4CC(=O)N3CC(O)C3)nn2c1N(C)c1nc(-c2ccc(C)cc2)c(C#N)s1. The first-order valence-electron chi connectivity index (χ1n) is 14.4. The fourth-order valence-electron chi connectivity index (χ4n) is 6.32. The Kier molecular flexibility index (Phi) is 6.89. The molecule has 11 nitrogen and oxygen atoms in total. The van der Waals surface area contributed by atoms with Gasteiger partial charge in [-0.2, -0.15) is 9.78 Å². The van der Waals surface area contributed by atoms with Gasteiger partial charge in [-0.05, 0) is 26.2 Å². The van der Waals surface area contributed by atoms with Crippen molar-refractivity contribution in [1.82, 2.24) is 29.4 Å². The predicted octanol–water partition coefficient (Wildman–Crippen LogP) is 3.28. The minimum atomic E-state index is -0.372. The first-order valence-corrected chi connectivity index (χ1v) is 16.0. The number of thiazole rings is 1. The second kappa shape index (κ2) is 10.6. The minimum absolute atomic E-state index is 0.116. The first kappa shape index (κ1) is 27.3. The Balaban J connectivity index is 1.14. The fraction of sp³-hybridized carbons (Fsp3) is 0.483. The second-order valence-electron chi connectivity index (χ2n) is 11.4. The van der Waals surface area contributed by atoms with Crippen molar-refractivity contribution in [1.29, 1.82) is 5.26 Å². The molecule has 3 aromatic heterocycles. The van der Waals surface area contributed by atoms with Gasteiger partial charge in [0.15, 0.2) is 10.9 Å². The van der Waals surface area contributed by atoms with Gasteiger partial charge in [0.25, 0.3) is 0 Å². The second-order valence-corrected chi connectivity index (χ2v) is 13.4. The number of carbonyl (C=O) groups is 1. The van der Waals surface area contributed by atoms with E-state index in [1.165, 1.54) is 11.3 Å². The number of amides is 1. The van der Waals surface area contributed by atoms with Crippen LogP contribution in [0.4, 0.5) is 16.1 Å². The molecule has 0 saturated carbocycles. The molecule has 0 radical (unpaired) electrons. The third-order valence-corrected chi connectivity index (χ3v) is 10.7. The van der Waals surface area contributed by atoms with E-state index in [9.17, 15) is 15.2 Å². The van der Waals surface area contributed by atoms with E-state index in [-0.39, 0.29) is 12.0 Å². The van der Waals surface area contributed by atoms with Crippen LogP contribution in [0.1, 0.15) is 35.9 Å². The quantitative estimate of drug-likeness (QED) is 0.340. The topological polar surface area (TPSA) is 117 Å². The number of aliphatic hydroxyl groups excluding tert-OH is 1. The molecule has 2 bridgehead atoms. The predicted molar refractivity (Wildman–Crippen MR) is 164 cm³/mol. The van der Waals surface area contributed by atoms with Gasteiger partial charge in [-0.1, -0.05) is 59.4 Å². The molecule has 1 aromatic carbocycles. The minimum Gasteiger partial charge on any atom is -0.389 e. The number of aliphatic hydroxyl groups is 1. The summed E-state index contributed by atoms with van der Waals surface area (Å²) in [5, 5.41) is 26.2. The van der Waals surface area contributed by atoms with Crippen LogP contribution in [0, 0.1) is 18.3 Å². The highest BCUT2D eigenvalue weighted by Crippen LogP contribution is 2.39. The highest BCUT2D eigenvalue weighted by molar-refractivity contribution is 7.20. The summed E-state index contributed by atoms with van der Waals surface area (Å²) in [5.74, 6) is 0.984. The number of aryl methyl sites for hydroxylation is 2. The molecule has 3 aliphatic rings. The van der Waals surface area contributed by atoms with Crippen LogP contribution < -0.4 is 9.80 Å². The zero-order chi connectivity index (χ0) is 29.1. The summed E-state index contributed by atoms with van der Waals surface area (Å²) in [5.41, 5.74) is 3.72. The summed E-state index contributed by atoms with van der Waals surface area (Å²) in [4.78, 5) is 32.4. The summed E-state index contributed by atoms with van der Waals surface area (Å²) in [6, 6.07) is 11.0. The van der Waals surface area contributed by atoms with Gasteiger partial charge in [0.2, 0.25) is 16.0 Å².